The van der Waals surface area contributed by atoms with Gasteiger partial charge in [0.05, 0.1) is 5.00 Å². The van der Waals surface area contributed by atoms with E-state index in [2.05, 4.69) is 20.2 Å². The highest BCUT2D eigenvalue weighted by molar-refractivity contribution is 7.14. The fraction of sp³-hybridized carbons (Fsp3) is 0.333. The molecule has 96 valence electrons. The molecule has 2 heterocycles. The maximum Gasteiger partial charge on any atom is 0.136 e. The highest BCUT2D eigenvalue weighted by Gasteiger charge is 2.04. The van der Waals surface area contributed by atoms with E-state index < -0.39 is 0 Å². The molecule has 0 atom stereocenters. The van der Waals surface area contributed by atoms with Crippen LogP contribution in [0.4, 0.5) is 16.6 Å². The summed E-state index contributed by atoms with van der Waals surface area (Å²) in [6.45, 7) is 1.59. The molecule has 0 saturated heterocycles. The molecule has 5 nitrogen and oxygen atoms in total. The monoisotopic (exact) mass is 263 g/mol. The Balaban J connectivity index is 2.05. The van der Waals surface area contributed by atoms with E-state index >= 15 is 0 Å². The number of nitrogens with one attached hydrogen (secondary N) is 1. The van der Waals surface area contributed by atoms with Gasteiger partial charge in [-0.15, -0.1) is 11.3 Å². The summed E-state index contributed by atoms with van der Waals surface area (Å²) in [5, 5.41) is 6.35. The van der Waals surface area contributed by atoms with Crippen LogP contribution in [-0.2, 0) is 0 Å². The standard InChI is InChI=1S/C12H17N5S/c1-17(6-3-5-13)11-8-10(14-9-15-11)16-12-4-2-7-18-12/h2,4,7-9H,3,5-6,13H2,1H3,(H,14,15,16). The normalized spacial score (nSPS) is 10.3. The van der Waals surface area contributed by atoms with Gasteiger partial charge in [0.25, 0.3) is 0 Å². The highest BCUT2D eigenvalue weighted by Crippen LogP contribution is 2.21. The minimum Gasteiger partial charge on any atom is -0.359 e. The zero-order valence-electron chi connectivity index (χ0n) is 10.3. The van der Waals surface area contributed by atoms with Gasteiger partial charge in [0, 0.05) is 19.7 Å². The van der Waals surface area contributed by atoms with Crippen molar-refractivity contribution in [3.8, 4) is 0 Å². The molecule has 0 spiro atoms. The summed E-state index contributed by atoms with van der Waals surface area (Å²) in [6.07, 6.45) is 2.53. The molecule has 0 aromatic carbocycles. The van der Waals surface area contributed by atoms with Gasteiger partial charge >= 0.3 is 0 Å². The van der Waals surface area contributed by atoms with Crippen molar-refractivity contribution in [2.45, 2.75) is 6.42 Å². The quantitative estimate of drug-likeness (QED) is 0.835. The lowest BCUT2D eigenvalue weighted by Gasteiger charge is -2.17. The Kier molecular flexibility index (Phi) is 4.49. The summed E-state index contributed by atoms with van der Waals surface area (Å²) in [5.74, 6) is 1.71. The molecule has 0 radical (unpaired) electrons. The number of hydrogen-bond donors (Lipinski definition) is 2. The van der Waals surface area contributed by atoms with E-state index in [9.17, 15) is 0 Å². The molecule has 3 N–H and O–H groups in total. The first kappa shape index (κ1) is 12.8. The largest absolute Gasteiger partial charge is 0.359 e. The van der Waals surface area contributed by atoms with Crippen LogP contribution in [0.15, 0.2) is 29.9 Å². The molecule has 0 unspecified atom stereocenters. The van der Waals surface area contributed by atoms with E-state index in [0.29, 0.717) is 6.54 Å². The van der Waals surface area contributed by atoms with Gasteiger partial charge < -0.3 is 16.0 Å². The van der Waals surface area contributed by atoms with Crippen molar-refractivity contribution in [2.75, 3.05) is 30.4 Å². The van der Waals surface area contributed by atoms with Crippen LogP contribution in [0.2, 0.25) is 0 Å². The van der Waals surface area contributed by atoms with Gasteiger partial charge in [-0.3, -0.25) is 0 Å². The summed E-state index contributed by atoms with van der Waals surface area (Å²) in [4.78, 5) is 10.5. The minimum atomic E-state index is 0.690. The third-order valence-electron chi connectivity index (χ3n) is 2.51. The smallest absolute Gasteiger partial charge is 0.136 e. The van der Waals surface area contributed by atoms with Crippen molar-refractivity contribution in [3.63, 3.8) is 0 Å². The number of aromatic nitrogens is 2. The van der Waals surface area contributed by atoms with E-state index in [1.807, 2.05) is 30.6 Å². The van der Waals surface area contributed by atoms with Crippen molar-refractivity contribution in [2.24, 2.45) is 5.73 Å². The zero-order valence-corrected chi connectivity index (χ0v) is 11.2. The number of hydrogen-bond acceptors (Lipinski definition) is 6. The molecule has 2 aromatic rings. The van der Waals surface area contributed by atoms with E-state index in [1.165, 1.54) is 0 Å². The fourth-order valence-corrected chi connectivity index (χ4v) is 2.17. The number of thiophene rings is 1. The Morgan fingerprint density at radius 3 is 3.06 bits per heavy atom. The summed E-state index contributed by atoms with van der Waals surface area (Å²) in [6, 6.07) is 5.96. The Morgan fingerprint density at radius 1 is 1.44 bits per heavy atom. The first-order chi connectivity index (χ1) is 8.79. The lowest BCUT2D eigenvalue weighted by Crippen LogP contribution is -2.22. The van der Waals surface area contributed by atoms with Gasteiger partial charge in [0.15, 0.2) is 0 Å². The number of rotatable bonds is 6. The maximum atomic E-state index is 5.50. The molecule has 0 aliphatic rings. The topological polar surface area (TPSA) is 67.1 Å². The van der Waals surface area contributed by atoms with Crippen molar-refractivity contribution >= 4 is 28.0 Å². The Bertz CT molecular complexity index is 471. The molecule has 0 bridgehead atoms. The average molecular weight is 263 g/mol. The summed E-state index contributed by atoms with van der Waals surface area (Å²) in [7, 11) is 2.01. The summed E-state index contributed by atoms with van der Waals surface area (Å²) in [5.41, 5.74) is 5.50. The van der Waals surface area contributed by atoms with Crippen molar-refractivity contribution in [3.05, 3.63) is 29.9 Å². The molecule has 0 fully saturated rings. The average Bonchev–Trinajstić information content (AvgIpc) is 2.89. The van der Waals surface area contributed by atoms with Crippen LogP contribution in [0.3, 0.4) is 0 Å². The highest BCUT2D eigenvalue weighted by atomic mass is 32.1. The SMILES string of the molecule is CN(CCCN)c1cc(Nc2cccs2)ncn1. The van der Waals surface area contributed by atoms with Gasteiger partial charge in [-0.25, -0.2) is 9.97 Å². The molecule has 6 heteroatoms. The van der Waals surface area contributed by atoms with E-state index in [1.54, 1.807) is 17.7 Å². The van der Waals surface area contributed by atoms with Crippen LogP contribution in [0.1, 0.15) is 6.42 Å². The number of nitrogens with zero attached hydrogens (tertiary/aromatic N) is 3. The van der Waals surface area contributed by atoms with Gasteiger partial charge in [-0.2, -0.15) is 0 Å². The zero-order chi connectivity index (χ0) is 12.8. The molecule has 0 amide bonds. The van der Waals surface area contributed by atoms with E-state index in [-0.39, 0.29) is 0 Å². The Morgan fingerprint density at radius 2 is 2.33 bits per heavy atom. The van der Waals surface area contributed by atoms with Crippen LogP contribution in [-0.4, -0.2) is 30.1 Å². The van der Waals surface area contributed by atoms with E-state index in [0.717, 1.165) is 29.6 Å². The Hall–Kier alpha value is -1.66. The fourth-order valence-electron chi connectivity index (χ4n) is 1.54. The Labute approximate surface area is 111 Å². The van der Waals surface area contributed by atoms with Crippen molar-refractivity contribution in [1.82, 2.24) is 9.97 Å². The summed E-state index contributed by atoms with van der Waals surface area (Å²) >= 11 is 1.64. The molecular weight excluding hydrogens is 246 g/mol. The first-order valence-corrected chi connectivity index (χ1v) is 6.71. The van der Waals surface area contributed by atoms with Gasteiger partial charge in [-0.05, 0) is 30.5 Å². The molecule has 0 saturated carbocycles. The van der Waals surface area contributed by atoms with Crippen molar-refractivity contribution in [1.29, 1.82) is 0 Å². The lowest BCUT2D eigenvalue weighted by atomic mass is 10.4. The molecule has 0 aliphatic heterocycles. The minimum absolute atomic E-state index is 0.690. The maximum absolute atomic E-state index is 5.50. The molecular formula is C12H17N5S. The molecule has 2 rings (SSSR count). The number of anilines is 3. The van der Waals surface area contributed by atoms with Crippen LogP contribution in [0.5, 0.6) is 0 Å². The second-order valence-electron chi connectivity index (χ2n) is 3.93. The van der Waals surface area contributed by atoms with Crippen LogP contribution in [0, 0.1) is 0 Å². The van der Waals surface area contributed by atoms with E-state index in [4.69, 9.17) is 5.73 Å². The van der Waals surface area contributed by atoms with Gasteiger partial charge in [-0.1, -0.05) is 0 Å². The van der Waals surface area contributed by atoms with Gasteiger partial charge in [0.1, 0.15) is 18.0 Å². The second-order valence-corrected chi connectivity index (χ2v) is 4.88. The van der Waals surface area contributed by atoms with Gasteiger partial charge in [0.2, 0.25) is 0 Å². The second kappa shape index (κ2) is 6.32. The number of nitrogens with two attached hydrogens (primary N) is 1. The predicted octanol–water partition coefficient (Wildman–Crippen LogP) is 2.07. The molecule has 0 aliphatic carbocycles. The lowest BCUT2D eigenvalue weighted by molar-refractivity contribution is 0.785. The third-order valence-corrected chi connectivity index (χ3v) is 3.30. The van der Waals surface area contributed by atoms with Crippen LogP contribution < -0.4 is 16.0 Å². The predicted molar refractivity (Wildman–Crippen MR) is 76.6 cm³/mol. The summed E-state index contributed by atoms with van der Waals surface area (Å²) < 4.78 is 0. The third kappa shape index (κ3) is 3.41. The first-order valence-electron chi connectivity index (χ1n) is 5.83. The van der Waals surface area contributed by atoms with Crippen LogP contribution >= 0.6 is 11.3 Å². The molecule has 18 heavy (non-hydrogen) atoms. The van der Waals surface area contributed by atoms with Crippen molar-refractivity contribution < 1.29 is 0 Å². The molecule has 2 aromatic heterocycles. The van der Waals surface area contributed by atoms with Crippen LogP contribution in [0.25, 0.3) is 0 Å².